The largest absolute Gasteiger partial charge is 0.493 e. The first-order valence-electron chi connectivity index (χ1n) is 5.73. The predicted molar refractivity (Wildman–Crippen MR) is 71.6 cm³/mol. The van der Waals surface area contributed by atoms with Gasteiger partial charge in [0.1, 0.15) is 0 Å². The van der Waals surface area contributed by atoms with Crippen molar-refractivity contribution in [3.8, 4) is 11.5 Å². The Balaban J connectivity index is 3.05. The van der Waals surface area contributed by atoms with E-state index in [2.05, 4.69) is 25.7 Å². The van der Waals surface area contributed by atoms with Crippen molar-refractivity contribution in [3.05, 3.63) is 29.8 Å². The third-order valence-electron chi connectivity index (χ3n) is 2.57. The van der Waals surface area contributed by atoms with E-state index in [1.807, 2.05) is 18.2 Å². The van der Waals surface area contributed by atoms with Crippen LogP contribution in [0.5, 0.6) is 11.5 Å². The maximum absolute atomic E-state index is 5.30. The Kier molecular flexibility index (Phi) is 5.04. The average molecular weight is 235 g/mol. The molecular weight excluding hydrogens is 214 g/mol. The van der Waals surface area contributed by atoms with E-state index in [0.717, 1.165) is 29.2 Å². The number of hydrogen-bond donors (Lipinski definition) is 1. The summed E-state index contributed by atoms with van der Waals surface area (Å²) in [4.78, 5) is 0. The molecule has 0 spiro atoms. The molecule has 0 aliphatic carbocycles. The van der Waals surface area contributed by atoms with Crippen molar-refractivity contribution in [2.24, 2.45) is 0 Å². The molecule has 1 aromatic rings. The van der Waals surface area contributed by atoms with Crippen LogP contribution >= 0.6 is 0 Å². The van der Waals surface area contributed by atoms with Crippen LogP contribution < -0.4 is 14.8 Å². The van der Waals surface area contributed by atoms with Gasteiger partial charge in [0.05, 0.1) is 14.2 Å². The predicted octanol–water partition coefficient (Wildman–Crippen LogP) is 2.84. The molecule has 1 rings (SSSR count). The van der Waals surface area contributed by atoms with Crippen molar-refractivity contribution in [2.75, 3.05) is 14.2 Å². The van der Waals surface area contributed by atoms with Gasteiger partial charge in [-0.1, -0.05) is 26.5 Å². The van der Waals surface area contributed by atoms with E-state index in [4.69, 9.17) is 9.47 Å². The van der Waals surface area contributed by atoms with Crippen molar-refractivity contribution < 1.29 is 9.47 Å². The van der Waals surface area contributed by atoms with Gasteiger partial charge in [-0.2, -0.15) is 0 Å². The number of rotatable bonds is 6. The van der Waals surface area contributed by atoms with Crippen molar-refractivity contribution in [2.45, 2.75) is 26.4 Å². The van der Waals surface area contributed by atoms with E-state index in [0.29, 0.717) is 6.04 Å². The Hall–Kier alpha value is -1.48. The topological polar surface area (TPSA) is 30.5 Å². The fourth-order valence-corrected chi connectivity index (χ4v) is 1.59. The second-order valence-electron chi connectivity index (χ2n) is 4.15. The fraction of sp³-hybridized carbons (Fsp3) is 0.429. The first-order valence-corrected chi connectivity index (χ1v) is 5.73. The summed E-state index contributed by atoms with van der Waals surface area (Å²) >= 11 is 0. The summed E-state index contributed by atoms with van der Waals surface area (Å²) in [5.41, 5.74) is 2.22. The van der Waals surface area contributed by atoms with Gasteiger partial charge < -0.3 is 14.8 Å². The second kappa shape index (κ2) is 6.30. The van der Waals surface area contributed by atoms with Crippen molar-refractivity contribution in [3.63, 3.8) is 0 Å². The lowest BCUT2D eigenvalue weighted by atomic mass is 10.1. The average Bonchev–Trinajstić information content (AvgIpc) is 2.34. The highest BCUT2D eigenvalue weighted by Crippen LogP contribution is 2.31. The molecule has 0 aromatic heterocycles. The lowest BCUT2D eigenvalue weighted by molar-refractivity contribution is 0.354. The number of methoxy groups -OCH3 is 2. The molecule has 0 saturated heterocycles. The minimum absolute atomic E-state index is 0.445. The minimum atomic E-state index is 0.445. The quantitative estimate of drug-likeness (QED) is 0.822. The highest BCUT2D eigenvalue weighted by Gasteiger charge is 2.09. The molecule has 0 amide bonds. The van der Waals surface area contributed by atoms with Crippen molar-refractivity contribution in [1.82, 2.24) is 5.32 Å². The van der Waals surface area contributed by atoms with Crippen molar-refractivity contribution >= 4 is 6.08 Å². The zero-order valence-electron chi connectivity index (χ0n) is 11.0. The van der Waals surface area contributed by atoms with Gasteiger partial charge in [0.2, 0.25) is 0 Å². The summed E-state index contributed by atoms with van der Waals surface area (Å²) in [6.07, 6.45) is 1.83. The SMILES string of the molecule is C=Cc1cc(OC)c(OC)cc1CNC(C)C. The van der Waals surface area contributed by atoms with Gasteiger partial charge in [-0.25, -0.2) is 0 Å². The monoisotopic (exact) mass is 235 g/mol. The third kappa shape index (κ3) is 3.49. The number of ether oxygens (including phenoxy) is 2. The molecule has 1 N–H and O–H groups in total. The number of nitrogens with one attached hydrogen (secondary N) is 1. The molecule has 0 bridgehead atoms. The summed E-state index contributed by atoms with van der Waals surface area (Å²) in [5, 5.41) is 3.38. The smallest absolute Gasteiger partial charge is 0.161 e. The van der Waals surface area contributed by atoms with E-state index < -0.39 is 0 Å². The normalized spacial score (nSPS) is 10.4. The highest BCUT2D eigenvalue weighted by atomic mass is 16.5. The van der Waals surface area contributed by atoms with Gasteiger partial charge in [0, 0.05) is 12.6 Å². The van der Waals surface area contributed by atoms with Gasteiger partial charge in [-0.05, 0) is 23.3 Å². The molecule has 0 unspecified atom stereocenters. The van der Waals surface area contributed by atoms with Crippen LogP contribution in [-0.2, 0) is 6.54 Å². The Bertz CT molecular complexity index is 386. The van der Waals surface area contributed by atoms with Crippen LogP contribution in [-0.4, -0.2) is 20.3 Å². The maximum atomic E-state index is 5.30. The maximum Gasteiger partial charge on any atom is 0.161 e. The van der Waals surface area contributed by atoms with Crippen LogP contribution in [0.25, 0.3) is 6.08 Å². The van der Waals surface area contributed by atoms with Gasteiger partial charge in [0.15, 0.2) is 11.5 Å². The van der Waals surface area contributed by atoms with Crippen molar-refractivity contribution in [1.29, 1.82) is 0 Å². The summed E-state index contributed by atoms with van der Waals surface area (Å²) < 4.78 is 10.6. The number of benzene rings is 1. The fourth-order valence-electron chi connectivity index (χ4n) is 1.59. The molecule has 0 aliphatic rings. The van der Waals surface area contributed by atoms with Crippen LogP contribution in [0, 0.1) is 0 Å². The number of hydrogen-bond acceptors (Lipinski definition) is 3. The van der Waals surface area contributed by atoms with Crippen LogP contribution in [0.3, 0.4) is 0 Å². The zero-order chi connectivity index (χ0) is 12.8. The van der Waals surface area contributed by atoms with Gasteiger partial charge in [0.25, 0.3) is 0 Å². The van der Waals surface area contributed by atoms with E-state index in [9.17, 15) is 0 Å². The Morgan fingerprint density at radius 2 is 1.82 bits per heavy atom. The molecule has 0 fully saturated rings. The van der Waals surface area contributed by atoms with E-state index in [1.54, 1.807) is 14.2 Å². The molecule has 0 atom stereocenters. The standard InChI is InChI=1S/C14H21NO2/c1-6-11-7-13(16-4)14(17-5)8-12(11)9-15-10(2)3/h6-8,10,15H,1,9H2,2-5H3. The van der Waals surface area contributed by atoms with Crippen LogP contribution in [0.4, 0.5) is 0 Å². The van der Waals surface area contributed by atoms with E-state index >= 15 is 0 Å². The molecule has 17 heavy (non-hydrogen) atoms. The molecule has 3 heteroatoms. The minimum Gasteiger partial charge on any atom is -0.493 e. The Morgan fingerprint density at radius 3 is 2.29 bits per heavy atom. The van der Waals surface area contributed by atoms with Crippen LogP contribution in [0.15, 0.2) is 18.7 Å². The van der Waals surface area contributed by atoms with Crippen LogP contribution in [0.2, 0.25) is 0 Å². The van der Waals surface area contributed by atoms with Gasteiger partial charge in [-0.15, -0.1) is 0 Å². The molecule has 1 aromatic carbocycles. The molecule has 3 nitrogen and oxygen atoms in total. The molecule has 0 aliphatic heterocycles. The molecular formula is C14H21NO2. The Morgan fingerprint density at radius 1 is 1.24 bits per heavy atom. The lowest BCUT2D eigenvalue weighted by Crippen LogP contribution is -2.22. The first kappa shape index (κ1) is 13.6. The summed E-state index contributed by atoms with van der Waals surface area (Å²) in [6, 6.07) is 4.38. The molecule has 0 saturated carbocycles. The second-order valence-corrected chi connectivity index (χ2v) is 4.15. The zero-order valence-corrected chi connectivity index (χ0v) is 11.0. The summed E-state index contributed by atoms with van der Waals surface area (Å²) in [7, 11) is 3.28. The first-order chi connectivity index (χ1) is 8.12. The molecule has 94 valence electrons. The summed E-state index contributed by atoms with van der Waals surface area (Å²) in [6.45, 7) is 8.86. The van der Waals surface area contributed by atoms with Gasteiger partial charge in [-0.3, -0.25) is 0 Å². The molecule has 0 radical (unpaired) electrons. The summed E-state index contributed by atoms with van der Waals surface area (Å²) in [5.74, 6) is 1.48. The van der Waals surface area contributed by atoms with Gasteiger partial charge >= 0.3 is 0 Å². The third-order valence-corrected chi connectivity index (χ3v) is 2.57. The Labute approximate surface area is 103 Å². The lowest BCUT2D eigenvalue weighted by Gasteiger charge is -2.14. The highest BCUT2D eigenvalue weighted by molar-refractivity contribution is 5.59. The van der Waals surface area contributed by atoms with Crippen LogP contribution in [0.1, 0.15) is 25.0 Å². The van der Waals surface area contributed by atoms with E-state index in [1.165, 1.54) is 0 Å². The van der Waals surface area contributed by atoms with E-state index in [-0.39, 0.29) is 0 Å². The molecule has 0 heterocycles.